The highest BCUT2D eigenvalue weighted by Crippen LogP contribution is 2.31. The first-order chi connectivity index (χ1) is 9.75. The van der Waals surface area contributed by atoms with Crippen molar-refractivity contribution in [2.24, 2.45) is 4.99 Å². The number of aliphatic imine (C=N–C) groups is 1. The summed E-state index contributed by atoms with van der Waals surface area (Å²) in [6.07, 6.45) is 9.81. The predicted molar refractivity (Wildman–Crippen MR) is 82.9 cm³/mol. The molecule has 3 heterocycles. The molecule has 0 aromatic carbocycles. The third-order valence-electron chi connectivity index (χ3n) is 4.41. The number of nitrogens with one attached hydrogen (secondary N) is 1. The zero-order chi connectivity index (χ0) is 13.9. The van der Waals surface area contributed by atoms with E-state index in [0.29, 0.717) is 12.1 Å². The Hall–Kier alpha value is -1.48. The van der Waals surface area contributed by atoms with E-state index in [9.17, 15) is 0 Å². The smallest absolute Gasteiger partial charge is 0.0602 e. The van der Waals surface area contributed by atoms with Gasteiger partial charge < -0.3 is 5.32 Å². The highest BCUT2D eigenvalue weighted by Gasteiger charge is 2.27. The van der Waals surface area contributed by atoms with Crippen LogP contribution < -0.4 is 5.32 Å². The van der Waals surface area contributed by atoms with Crippen molar-refractivity contribution in [2.75, 3.05) is 0 Å². The van der Waals surface area contributed by atoms with Gasteiger partial charge in [-0.1, -0.05) is 6.07 Å². The lowest BCUT2D eigenvalue weighted by Crippen LogP contribution is -2.39. The number of piperidine rings is 1. The van der Waals surface area contributed by atoms with E-state index in [2.05, 4.69) is 41.4 Å². The number of nitrogens with zero attached hydrogens (tertiary/aromatic N) is 2. The summed E-state index contributed by atoms with van der Waals surface area (Å²) in [6, 6.07) is 4.92. The Balaban J connectivity index is 1.81. The lowest BCUT2D eigenvalue weighted by molar-refractivity contribution is 0.343. The Morgan fingerprint density at radius 1 is 1.20 bits per heavy atom. The van der Waals surface area contributed by atoms with Crippen LogP contribution in [0, 0.1) is 6.92 Å². The summed E-state index contributed by atoms with van der Waals surface area (Å²) < 4.78 is 0. The molecule has 1 fully saturated rings. The first-order valence-corrected chi connectivity index (χ1v) is 7.65. The molecule has 2 aliphatic heterocycles. The van der Waals surface area contributed by atoms with Gasteiger partial charge >= 0.3 is 0 Å². The van der Waals surface area contributed by atoms with Crippen LogP contribution >= 0.6 is 0 Å². The fraction of sp³-hybridized carbons (Fsp3) is 0.529. The number of hydrogen-bond donors (Lipinski definition) is 1. The molecule has 2 atom stereocenters. The maximum absolute atomic E-state index is 4.66. The maximum atomic E-state index is 4.66. The van der Waals surface area contributed by atoms with E-state index in [1.54, 1.807) is 0 Å². The Morgan fingerprint density at radius 2 is 2.05 bits per heavy atom. The average molecular weight is 269 g/mol. The molecule has 2 unspecified atom stereocenters. The van der Waals surface area contributed by atoms with Crippen LogP contribution in [0.15, 0.2) is 34.6 Å². The molecule has 0 bridgehead atoms. The van der Waals surface area contributed by atoms with E-state index in [4.69, 9.17) is 0 Å². The van der Waals surface area contributed by atoms with Crippen LogP contribution in [0.5, 0.6) is 0 Å². The molecule has 0 spiro atoms. The summed E-state index contributed by atoms with van der Waals surface area (Å²) in [5.74, 6) is 0. The summed E-state index contributed by atoms with van der Waals surface area (Å²) >= 11 is 0. The summed E-state index contributed by atoms with van der Waals surface area (Å²) in [6.45, 7) is 4.38. The molecule has 3 nitrogen and oxygen atoms in total. The van der Waals surface area contributed by atoms with Crippen LogP contribution in [0.1, 0.15) is 56.3 Å². The first kappa shape index (κ1) is 13.5. The topological polar surface area (TPSA) is 37.3 Å². The van der Waals surface area contributed by atoms with Gasteiger partial charge in [0.2, 0.25) is 0 Å². The molecule has 0 amide bonds. The van der Waals surface area contributed by atoms with Gasteiger partial charge in [0.05, 0.1) is 17.4 Å². The van der Waals surface area contributed by atoms with Gasteiger partial charge in [0.25, 0.3) is 0 Å². The SMILES string of the molecule is CC1=C(C2CCCC(c3ncccc3C)N2)N=CCC1. The Bertz CT molecular complexity index is 545. The van der Waals surface area contributed by atoms with Gasteiger partial charge in [0.1, 0.15) is 0 Å². The van der Waals surface area contributed by atoms with Crippen LogP contribution in [0.3, 0.4) is 0 Å². The van der Waals surface area contributed by atoms with E-state index in [1.165, 1.54) is 41.8 Å². The molecule has 1 N–H and O–H groups in total. The predicted octanol–water partition coefficient (Wildman–Crippen LogP) is 3.71. The van der Waals surface area contributed by atoms with Crippen LogP contribution in [-0.4, -0.2) is 17.2 Å². The Kier molecular flexibility index (Phi) is 3.97. The second-order valence-corrected chi connectivity index (χ2v) is 5.92. The lowest BCUT2D eigenvalue weighted by Gasteiger charge is -2.33. The monoisotopic (exact) mass is 269 g/mol. The molecule has 20 heavy (non-hydrogen) atoms. The standard InChI is InChI=1S/C17H23N3/c1-12-6-4-10-18-16(12)14-8-3-9-15(20-14)17-13(2)7-5-11-19-17/h4,6,10-11,14-15,20H,3,5,7-9H2,1-2H3. The van der Waals surface area contributed by atoms with Gasteiger partial charge in [-0.3, -0.25) is 9.98 Å². The molecule has 1 saturated heterocycles. The second-order valence-electron chi connectivity index (χ2n) is 5.92. The minimum Gasteiger partial charge on any atom is -0.300 e. The fourth-order valence-electron chi connectivity index (χ4n) is 3.30. The maximum Gasteiger partial charge on any atom is 0.0602 e. The average Bonchev–Trinajstić information content (AvgIpc) is 2.48. The van der Waals surface area contributed by atoms with E-state index < -0.39 is 0 Å². The summed E-state index contributed by atoms with van der Waals surface area (Å²) in [5.41, 5.74) is 5.21. The highest BCUT2D eigenvalue weighted by atomic mass is 15.0. The van der Waals surface area contributed by atoms with E-state index >= 15 is 0 Å². The van der Waals surface area contributed by atoms with Crippen molar-refractivity contribution in [1.29, 1.82) is 0 Å². The Labute approximate surface area is 121 Å². The normalized spacial score (nSPS) is 26.9. The molecule has 1 aromatic rings. The largest absolute Gasteiger partial charge is 0.300 e. The van der Waals surface area contributed by atoms with Gasteiger partial charge in [0, 0.05) is 18.5 Å². The van der Waals surface area contributed by atoms with Crippen LogP contribution in [0.4, 0.5) is 0 Å². The van der Waals surface area contributed by atoms with Gasteiger partial charge in [0.15, 0.2) is 0 Å². The molecule has 2 aliphatic rings. The molecule has 3 heteroatoms. The van der Waals surface area contributed by atoms with Crippen LogP contribution in [0.25, 0.3) is 0 Å². The van der Waals surface area contributed by atoms with Gasteiger partial charge in [-0.15, -0.1) is 0 Å². The number of allylic oxidation sites excluding steroid dienone is 1. The van der Waals surface area contributed by atoms with Crippen molar-refractivity contribution in [2.45, 2.75) is 58.0 Å². The van der Waals surface area contributed by atoms with Crippen molar-refractivity contribution in [3.63, 3.8) is 0 Å². The van der Waals surface area contributed by atoms with Crippen molar-refractivity contribution >= 4 is 6.21 Å². The number of aromatic nitrogens is 1. The minimum atomic E-state index is 0.368. The number of aryl methyl sites for hydroxylation is 1. The number of hydrogen-bond acceptors (Lipinski definition) is 3. The fourth-order valence-corrected chi connectivity index (χ4v) is 3.30. The van der Waals surface area contributed by atoms with Crippen molar-refractivity contribution < 1.29 is 0 Å². The van der Waals surface area contributed by atoms with Crippen molar-refractivity contribution in [1.82, 2.24) is 10.3 Å². The van der Waals surface area contributed by atoms with Gasteiger partial charge in [-0.25, -0.2) is 0 Å². The third-order valence-corrected chi connectivity index (χ3v) is 4.41. The summed E-state index contributed by atoms with van der Waals surface area (Å²) in [4.78, 5) is 9.24. The Morgan fingerprint density at radius 3 is 2.85 bits per heavy atom. The molecule has 0 radical (unpaired) electrons. The zero-order valence-electron chi connectivity index (χ0n) is 12.4. The number of rotatable bonds is 2. The molecular formula is C17H23N3. The van der Waals surface area contributed by atoms with Gasteiger partial charge in [-0.05, 0) is 63.2 Å². The van der Waals surface area contributed by atoms with Crippen LogP contribution in [0.2, 0.25) is 0 Å². The third kappa shape index (κ3) is 2.68. The van der Waals surface area contributed by atoms with Crippen molar-refractivity contribution in [3.05, 3.63) is 40.9 Å². The lowest BCUT2D eigenvalue weighted by atomic mass is 9.90. The molecule has 3 rings (SSSR count). The van der Waals surface area contributed by atoms with Gasteiger partial charge in [-0.2, -0.15) is 0 Å². The molecule has 0 saturated carbocycles. The van der Waals surface area contributed by atoms with Crippen LogP contribution in [-0.2, 0) is 0 Å². The minimum absolute atomic E-state index is 0.368. The molecular weight excluding hydrogens is 246 g/mol. The molecule has 1 aromatic heterocycles. The summed E-state index contributed by atoms with van der Waals surface area (Å²) in [7, 11) is 0. The number of pyridine rings is 1. The van der Waals surface area contributed by atoms with E-state index in [-0.39, 0.29) is 0 Å². The quantitative estimate of drug-likeness (QED) is 0.888. The van der Waals surface area contributed by atoms with E-state index in [1.807, 2.05) is 12.3 Å². The second kappa shape index (κ2) is 5.88. The van der Waals surface area contributed by atoms with Crippen molar-refractivity contribution in [3.8, 4) is 0 Å². The van der Waals surface area contributed by atoms with E-state index in [0.717, 1.165) is 12.8 Å². The molecule has 106 valence electrons. The first-order valence-electron chi connectivity index (χ1n) is 7.65. The summed E-state index contributed by atoms with van der Waals surface area (Å²) in [5, 5.41) is 3.78. The zero-order valence-corrected chi connectivity index (χ0v) is 12.4. The molecule has 0 aliphatic carbocycles. The highest BCUT2D eigenvalue weighted by molar-refractivity contribution is 5.62.